The van der Waals surface area contributed by atoms with Crippen molar-refractivity contribution in [2.24, 2.45) is 0 Å². The zero-order valence-corrected chi connectivity index (χ0v) is 8.60. The van der Waals surface area contributed by atoms with Gasteiger partial charge in [-0.15, -0.1) is 0 Å². The van der Waals surface area contributed by atoms with E-state index in [2.05, 4.69) is 15.0 Å². The predicted molar refractivity (Wildman–Crippen MR) is 57.2 cm³/mol. The molecule has 0 spiro atoms. The molecule has 1 fully saturated rings. The van der Waals surface area contributed by atoms with Gasteiger partial charge in [-0.3, -0.25) is 4.79 Å². The topological polar surface area (TPSA) is 78.9 Å². The first-order chi connectivity index (χ1) is 7.72. The van der Waals surface area contributed by atoms with Gasteiger partial charge >= 0.3 is 5.97 Å². The molecule has 0 bridgehead atoms. The van der Waals surface area contributed by atoms with Crippen molar-refractivity contribution >= 4 is 17.1 Å². The van der Waals surface area contributed by atoms with Crippen molar-refractivity contribution in [3.8, 4) is 0 Å². The number of H-pyrrole nitrogens is 1. The predicted octanol–water partition coefficient (Wildman–Crippen LogP) is 1.46. The summed E-state index contributed by atoms with van der Waals surface area (Å²) >= 11 is 0. The maximum atomic E-state index is 10.6. The van der Waals surface area contributed by atoms with Gasteiger partial charge in [0, 0.05) is 12.1 Å². The van der Waals surface area contributed by atoms with Gasteiger partial charge in [0.05, 0.1) is 11.9 Å². The second kappa shape index (κ2) is 3.30. The molecular formula is C11H11N3O2. The highest BCUT2D eigenvalue weighted by atomic mass is 16.4. The van der Waals surface area contributed by atoms with Gasteiger partial charge in [-0.25, -0.2) is 9.97 Å². The number of carboxylic acid groups (broad SMARTS) is 1. The average Bonchev–Trinajstić information content (AvgIpc) is 2.98. The minimum absolute atomic E-state index is 0.000716. The minimum atomic E-state index is -0.844. The summed E-state index contributed by atoms with van der Waals surface area (Å²) in [6, 6.07) is 1.81. The highest BCUT2D eigenvalue weighted by Gasteiger charge is 2.26. The zero-order chi connectivity index (χ0) is 11.1. The van der Waals surface area contributed by atoms with Crippen molar-refractivity contribution < 1.29 is 9.90 Å². The first-order valence-corrected chi connectivity index (χ1v) is 5.29. The van der Waals surface area contributed by atoms with E-state index in [0.717, 1.165) is 11.3 Å². The summed E-state index contributed by atoms with van der Waals surface area (Å²) in [6.45, 7) is 0. The molecule has 0 amide bonds. The van der Waals surface area contributed by atoms with E-state index in [-0.39, 0.29) is 6.42 Å². The fourth-order valence-corrected chi connectivity index (χ4v) is 1.78. The number of carboxylic acids is 1. The number of nitrogens with zero attached hydrogens (tertiary/aromatic N) is 2. The van der Waals surface area contributed by atoms with Gasteiger partial charge in [0.2, 0.25) is 0 Å². The maximum Gasteiger partial charge on any atom is 0.307 e. The third-order valence-electron chi connectivity index (χ3n) is 2.73. The molecule has 0 saturated heterocycles. The Balaban J connectivity index is 1.99. The van der Waals surface area contributed by atoms with E-state index in [1.54, 1.807) is 6.20 Å². The third-order valence-corrected chi connectivity index (χ3v) is 2.73. The van der Waals surface area contributed by atoms with Gasteiger partial charge in [-0.1, -0.05) is 0 Å². The standard InChI is InChI=1S/C11H11N3O2/c15-9(16)4-6-3-8-11(12-5-6)14-10(13-8)7-1-2-7/h3,5,7H,1-2,4H2,(H,15,16)(H,12,13,14). The minimum Gasteiger partial charge on any atom is -0.481 e. The number of nitrogens with one attached hydrogen (secondary N) is 1. The highest BCUT2D eigenvalue weighted by Crippen LogP contribution is 2.38. The summed E-state index contributed by atoms with van der Waals surface area (Å²) in [5.74, 6) is 0.690. The Labute approximate surface area is 91.5 Å². The highest BCUT2D eigenvalue weighted by molar-refractivity contribution is 5.75. The number of fused-ring (bicyclic) bond motifs is 1. The van der Waals surface area contributed by atoms with Crippen molar-refractivity contribution in [3.05, 3.63) is 23.7 Å². The monoisotopic (exact) mass is 217 g/mol. The molecule has 16 heavy (non-hydrogen) atoms. The number of carbonyl (C=O) groups is 1. The van der Waals surface area contributed by atoms with Gasteiger partial charge in [-0.05, 0) is 24.5 Å². The summed E-state index contributed by atoms with van der Waals surface area (Å²) < 4.78 is 0. The van der Waals surface area contributed by atoms with E-state index in [1.807, 2.05) is 6.07 Å². The number of aromatic nitrogens is 3. The van der Waals surface area contributed by atoms with Crippen LogP contribution in [0.15, 0.2) is 12.3 Å². The molecule has 2 aromatic rings. The molecule has 1 aliphatic rings. The Kier molecular flexibility index (Phi) is 1.92. The molecule has 82 valence electrons. The number of rotatable bonds is 3. The van der Waals surface area contributed by atoms with E-state index < -0.39 is 5.97 Å². The summed E-state index contributed by atoms with van der Waals surface area (Å²) in [5, 5.41) is 8.69. The Morgan fingerprint density at radius 3 is 3.06 bits per heavy atom. The summed E-state index contributed by atoms with van der Waals surface area (Å²) in [5.41, 5.74) is 2.21. The van der Waals surface area contributed by atoms with Crippen LogP contribution in [-0.2, 0) is 11.2 Å². The van der Waals surface area contributed by atoms with E-state index in [0.29, 0.717) is 17.1 Å². The SMILES string of the molecule is O=C(O)Cc1cnc2nc(C3CC3)[nH]c2c1. The third kappa shape index (κ3) is 1.64. The molecule has 5 nitrogen and oxygen atoms in total. The van der Waals surface area contributed by atoms with Crippen molar-refractivity contribution in [1.82, 2.24) is 15.0 Å². The fraction of sp³-hybridized carbons (Fsp3) is 0.364. The number of pyridine rings is 1. The van der Waals surface area contributed by atoms with Crippen LogP contribution in [0, 0.1) is 0 Å². The lowest BCUT2D eigenvalue weighted by Gasteiger charge is -1.94. The van der Waals surface area contributed by atoms with Crippen LogP contribution in [-0.4, -0.2) is 26.0 Å². The van der Waals surface area contributed by atoms with Crippen LogP contribution in [0.2, 0.25) is 0 Å². The van der Waals surface area contributed by atoms with Crippen LogP contribution in [0.3, 0.4) is 0 Å². The van der Waals surface area contributed by atoms with Gasteiger partial charge in [0.25, 0.3) is 0 Å². The summed E-state index contributed by atoms with van der Waals surface area (Å²) in [7, 11) is 0. The van der Waals surface area contributed by atoms with Crippen molar-refractivity contribution in [2.75, 3.05) is 0 Å². The van der Waals surface area contributed by atoms with Crippen LogP contribution in [0.5, 0.6) is 0 Å². The number of aliphatic carboxylic acids is 1. The summed E-state index contributed by atoms with van der Waals surface area (Å²) in [6.07, 6.45) is 3.94. The maximum absolute atomic E-state index is 10.6. The van der Waals surface area contributed by atoms with Crippen molar-refractivity contribution in [3.63, 3.8) is 0 Å². The lowest BCUT2D eigenvalue weighted by Crippen LogP contribution is -2.00. The lowest BCUT2D eigenvalue weighted by molar-refractivity contribution is -0.136. The second-order valence-electron chi connectivity index (χ2n) is 4.18. The molecule has 0 atom stereocenters. The first kappa shape index (κ1) is 9.33. The van der Waals surface area contributed by atoms with Gasteiger partial charge in [0.15, 0.2) is 5.65 Å². The van der Waals surface area contributed by atoms with E-state index >= 15 is 0 Å². The number of hydrogen-bond donors (Lipinski definition) is 2. The molecule has 0 radical (unpaired) electrons. The van der Waals surface area contributed by atoms with Crippen LogP contribution in [0.25, 0.3) is 11.2 Å². The molecule has 2 N–H and O–H groups in total. The fourth-order valence-electron chi connectivity index (χ4n) is 1.78. The second-order valence-corrected chi connectivity index (χ2v) is 4.18. The van der Waals surface area contributed by atoms with Gasteiger partial charge in [-0.2, -0.15) is 0 Å². The lowest BCUT2D eigenvalue weighted by atomic mass is 10.2. The Hall–Kier alpha value is -1.91. The Bertz CT molecular complexity index is 557. The van der Waals surface area contributed by atoms with Gasteiger partial charge < -0.3 is 10.1 Å². The van der Waals surface area contributed by atoms with Crippen molar-refractivity contribution in [2.45, 2.75) is 25.2 Å². The molecule has 2 heterocycles. The molecular weight excluding hydrogens is 206 g/mol. The molecule has 0 aromatic carbocycles. The van der Waals surface area contributed by atoms with Crippen LogP contribution >= 0.6 is 0 Å². The Morgan fingerprint density at radius 2 is 2.38 bits per heavy atom. The largest absolute Gasteiger partial charge is 0.481 e. The van der Waals surface area contributed by atoms with E-state index in [1.165, 1.54) is 12.8 Å². The molecule has 1 saturated carbocycles. The van der Waals surface area contributed by atoms with E-state index in [4.69, 9.17) is 5.11 Å². The molecule has 0 aliphatic heterocycles. The van der Waals surface area contributed by atoms with Crippen LogP contribution < -0.4 is 0 Å². The van der Waals surface area contributed by atoms with Crippen LogP contribution in [0.1, 0.15) is 30.1 Å². The molecule has 1 aliphatic carbocycles. The van der Waals surface area contributed by atoms with Gasteiger partial charge in [0.1, 0.15) is 5.82 Å². The normalized spacial score (nSPS) is 15.5. The first-order valence-electron chi connectivity index (χ1n) is 5.29. The average molecular weight is 217 g/mol. The van der Waals surface area contributed by atoms with Crippen molar-refractivity contribution in [1.29, 1.82) is 0 Å². The van der Waals surface area contributed by atoms with E-state index in [9.17, 15) is 4.79 Å². The number of aromatic amines is 1. The molecule has 0 unspecified atom stereocenters. The molecule has 5 heteroatoms. The number of hydrogen-bond acceptors (Lipinski definition) is 3. The smallest absolute Gasteiger partial charge is 0.307 e. The number of imidazole rings is 1. The van der Waals surface area contributed by atoms with Crippen LogP contribution in [0.4, 0.5) is 0 Å². The molecule has 3 rings (SSSR count). The quantitative estimate of drug-likeness (QED) is 0.815. The zero-order valence-electron chi connectivity index (χ0n) is 8.60. The Morgan fingerprint density at radius 1 is 1.56 bits per heavy atom. The molecule has 2 aromatic heterocycles. The summed E-state index contributed by atoms with van der Waals surface area (Å²) in [4.78, 5) is 22.3.